The molecule has 1 aromatic rings. The number of nitrogens with zero attached hydrogens (tertiary/aromatic N) is 3. The average Bonchev–Trinajstić information content (AvgIpc) is 2.65. The molecule has 0 amide bonds. The zero-order valence-electron chi connectivity index (χ0n) is 9.70. The molecule has 0 bridgehead atoms. The van der Waals surface area contributed by atoms with Gasteiger partial charge in [-0.3, -0.25) is 0 Å². The van der Waals surface area contributed by atoms with Crippen LogP contribution in [-0.2, 0) is 0 Å². The van der Waals surface area contributed by atoms with Crippen LogP contribution in [0.3, 0.4) is 0 Å². The van der Waals surface area contributed by atoms with Crippen LogP contribution in [0.5, 0.6) is 0 Å². The minimum absolute atomic E-state index is 0.235. The van der Waals surface area contributed by atoms with Crippen LogP contribution in [0.25, 0.3) is 0 Å². The van der Waals surface area contributed by atoms with E-state index in [0.717, 1.165) is 12.8 Å². The molecule has 86 valence electrons. The van der Waals surface area contributed by atoms with Gasteiger partial charge in [-0.2, -0.15) is 0 Å². The van der Waals surface area contributed by atoms with Crippen molar-refractivity contribution < 1.29 is 4.42 Å². The van der Waals surface area contributed by atoms with Crippen molar-refractivity contribution in [2.45, 2.75) is 45.0 Å². The fourth-order valence-electron chi connectivity index (χ4n) is 1.33. The zero-order chi connectivity index (χ0) is 11.4. The molecule has 0 N–H and O–H groups in total. The van der Waals surface area contributed by atoms with Gasteiger partial charge in [-0.15, -0.1) is 16.7 Å². The summed E-state index contributed by atoms with van der Waals surface area (Å²) < 4.78 is 5.45. The highest BCUT2D eigenvalue weighted by Crippen LogP contribution is 2.22. The van der Waals surface area contributed by atoms with Crippen molar-refractivity contribution >= 4 is 17.6 Å². The van der Waals surface area contributed by atoms with Crippen molar-refractivity contribution in [1.29, 1.82) is 0 Å². The second-order valence-corrected chi connectivity index (χ2v) is 4.44. The van der Waals surface area contributed by atoms with E-state index in [9.17, 15) is 0 Å². The van der Waals surface area contributed by atoms with Crippen molar-refractivity contribution in [2.24, 2.45) is 0 Å². The van der Waals surface area contributed by atoms with Crippen LogP contribution < -0.4 is 4.90 Å². The number of rotatable bonds is 5. The summed E-state index contributed by atoms with van der Waals surface area (Å²) in [6, 6.07) is 0.937. The summed E-state index contributed by atoms with van der Waals surface area (Å²) >= 11 is 5.85. The van der Waals surface area contributed by atoms with Gasteiger partial charge in [-0.05, 0) is 20.3 Å². The van der Waals surface area contributed by atoms with E-state index in [0.29, 0.717) is 17.9 Å². The highest BCUT2D eigenvalue weighted by Gasteiger charge is 2.17. The molecule has 1 rings (SSSR count). The molecule has 0 saturated carbocycles. The first-order valence-corrected chi connectivity index (χ1v) is 5.70. The first-order valence-electron chi connectivity index (χ1n) is 5.26. The average molecular weight is 232 g/mol. The van der Waals surface area contributed by atoms with E-state index in [1.807, 2.05) is 18.9 Å². The number of aromatic nitrogens is 2. The Morgan fingerprint density at radius 3 is 2.53 bits per heavy atom. The topological polar surface area (TPSA) is 42.2 Å². The van der Waals surface area contributed by atoms with Crippen LogP contribution in [0.15, 0.2) is 4.42 Å². The number of anilines is 1. The molecule has 0 radical (unpaired) electrons. The fraction of sp³-hybridized carbons (Fsp3) is 0.800. The third kappa shape index (κ3) is 3.09. The summed E-state index contributed by atoms with van der Waals surface area (Å²) in [5.41, 5.74) is 0. The molecule has 15 heavy (non-hydrogen) atoms. The SMILES string of the molecule is CCCC(C)N(C)c1nnc(C(C)Cl)o1. The van der Waals surface area contributed by atoms with Gasteiger partial charge in [0.15, 0.2) is 0 Å². The van der Waals surface area contributed by atoms with Crippen LogP contribution in [0.1, 0.15) is 44.9 Å². The van der Waals surface area contributed by atoms with Gasteiger partial charge in [0.25, 0.3) is 0 Å². The lowest BCUT2D eigenvalue weighted by Crippen LogP contribution is -2.28. The maximum Gasteiger partial charge on any atom is 0.318 e. The van der Waals surface area contributed by atoms with Gasteiger partial charge in [0, 0.05) is 13.1 Å². The third-order valence-corrected chi connectivity index (χ3v) is 2.63. The Kier molecular flexibility index (Phi) is 4.39. The van der Waals surface area contributed by atoms with E-state index in [1.54, 1.807) is 0 Å². The Morgan fingerprint density at radius 1 is 1.40 bits per heavy atom. The standard InChI is InChI=1S/C10H18ClN3O/c1-5-6-7(2)14(4)10-13-12-9(15-10)8(3)11/h7-8H,5-6H2,1-4H3. The molecule has 4 nitrogen and oxygen atoms in total. The van der Waals surface area contributed by atoms with Gasteiger partial charge in [0.1, 0.15) is 5.38 Å². The van der Waals surface area contributed by atoms with Crippen LogP contribution >= 0.6 is 11.6 Å². The van der Waals surface area contributed by atoms with Gasteiger partial charge in [0.2, 0.25) is 5.89 Å². The smallest absolute Gasteiger partial charge is 0.318 e. The Bertz CT molecular complexity index is 301. The van der Waals surface area contributed by atoms with Crippen LogP contribution in [0.2, 0.25) is 0 Å². The monoisotopic (exact) mass is 231 g/mol. The van der Waals surface area contributed by atoms with E-state index >= 15 is 0 Å². The molecule has 1 aromatic heterocycles. The van der Waals surface area contributed by atoms with Crippen molar-refractivity contribution in [3.05, 3.63) is 5.89 Å². The van der Waals surface area contributed by atoms with Crippen molar-refractivity contribution in [3.8, 4) is 0 Å². The molecule has 0 aromatic carbocycles. The van der Waals surface area contributed by atoms with Crippen molar-refractivity contribution in [3.63, 3.8) is 0 Å². The van der Waals surface area contributed by atoms with Gasteiger partial charge in [-0.1, -0.05) is 18.4 Å². The second-order valence-electron chi connectivity index (χ2n) is 3.79. The van der Waals surface area contributed by atoms with E-state index in [1.165, 1.54) is 0 Å². The third-order valence-electron chi connectivity index (χ3n) is 2.44. The largest absolute Gasteiger partial charge is 0.406 e. The van der Waals surface area contributed by atoms with Crippen LogP contribution in [0, 0.1) is 0 Å². The van der Waals surface area contributed by atoms with Gasteiger partial charge >= 0.3 is 6.01 Å². The molecule has 0 spiro atoms. The first-order chi connectivity index (χ1) is 7.06. The van der Waals surface area contributed by atoms with Crippen LogP contribution in [-0.4, -0.2) is 23.3 Å². The molecule has 5 heteroatoms. The maximum absolute atomic E-state index is 5.85. The Morgan fingerprint density at radius 2 is 2.07 bits per heavy atom. The lowest BCUT2D eigenvalue weighted by molar-refractivity contribution is 0.470. The summed E-state index contributed by atoms with van der Waals surface area (Å²) in [4.78, 5) is 1.99. The molecule has 1 heterocycles. The molecule has 2 unspecified atom stereocenters. The highest BCUT2D eigenvalue weighted by molar-refractivity contribution is 6.20. The summed E-state index contributed by atoms with van der Waals surface area (Å²) in [6.07, 6.45) is 2.24. The highest BCUT2D eigenvalue weighted by atomic mass is 35.5. The van der Waals surface area contributed by atoms with E-state index in [4.69, 9.17) is 16.0 Å². The second kappa shape index (κ2) is 5.35. The normalized spacial score (nSPS) is 15.0. The Balaban J connectivity index is 2.69. The molecule has 0 saturated heterocycles. The van der Waals surface area contributed by atoms with E-state index in [2.05, 4.69) is 24.0 Å². The molecule has 2 atom stereocenters. The molecular weight excluding hydrogens is 214 g/mol. The van der Waals surface area contributed by atoms with Gasteiger partial charge in [0.05, 0.1) is 0 Å². The summed E-state index contributed by atoms with van der Waals surface area (Å²) in [7, 11) is 1.95. The Labute approximate surface area is 95.6 Å². The number of hydrogen-bond donors (Lipinski definition) is 0. The lowest BCUT2D eigenvalue weighted by Gasteiger charge is -2.21. The van der Waals surface area contributed by atoms with Crippen molar-refractivity contribution in [2.75, 3.05) is 11.9 Å². The summed E-state index contributed by atoms with van der Waals surface area (Å²) in [5, 5.41) is 7.62. The predicted molar refractivity (Wildman–Crippen MR) is 61.3 cm³/mol. The predicted octanol–water partition coefficient (Wildman–Crippen LogP) is 2.99. The Hall–Kier alpha value is -0.770. The van der Waals surface area contributed by atoms with E-state index < -0.39 is 0 Å². The van der Waals surface area contributed by atoms with Gasteiger partial charge < -0.3 is 9.32 Å². The quantitative estimate of drug-likeness (QED) is 0.731. The van der Waals surface area contributed by atoms with Crippen molar-refractivity contribution in [1.82, 2.24) is 10.2 Å². The van der Waals surface area contributed by atoms with E-state index in [-0.39, 0.29) is 5.38 Å². The number of alkyl halides is 1. The number of hydrogen-bond acceptors (Lipinski definition) is 4. The zero-order valence-corrected chi connectivity index (χ0v) is 10.5. The molecular formula is C10H18ClN3O. The molecule has 0 aliphatic rings. The fourth-order valence-corrected chi connectivity index (χ4v) is 1.42. The molecule has 0 aliphatic carbocycles. The maximum atomic E-state index is 5.85. The number of halogens is 1. The lowest BCUT2D eigenvalue weighted by atomic mass is 10.2. The molecule has 0 aliphatic heterocycles. The summed E-state index contributed by atoms with van der Waals surface area (Å²) in [5.74, 6) is 0.474. The minimum atomic E-state index is -0.235. The van der Waals surface area contributed by atoms with Crippen LogP contribution in [0.4, 0.5) is 6.01 Å². The minimum Gasteiger partial charge on any atom is -0.406 e. The van der Waals surface area contributed by atoms with Gasteiger partial charge in [-0.25, -0.2) is 0 Å². The summed E-state index contributed by atoms with van der Waals surface area (Å²) in [6.45, 7) is 6.11. The molecule has 0 fully saturated rings. The first kappa shape index (κ1) is 12.3.